The van der Waals surface area contributed by atoms with Gasteiger partial charge in [0.05, 0.1) is 12.3 Å². The van der Waals surface area contributed by atoms with Gasteiger partial charge in [0.15, 0.2) is 5.78 Å². The van der Waals surface area contributed by atoms with E-state index in [0.29, 0.717) is 37.1 Å². The molecule has 1 aromatic rings. The van der Waals surface area contributed by atoms with E-state index in [-0.39, 0.29) is 22.8 Å². The fourth-order valence-corrected chi connectivity index (χ4v) is 3.35. The first-order valence-corrected chi connectivity index (χ1v) is 9.16. The van der Waals surface area contributed by atoms with Gasteiger partial charge in [-0.3, -0.25) is 19.4 Å². The number of hydrogen-bond donors (Lipinski definition) is 0. The van der Waals surface area contributed by atoms with Gasteiger partial charge < -0.3 is 4.74 Å². The lowest BCUT2D eigenvalue weighted by Gasteiger charge is -2.36. The average Bonchev–Trinajstić information content (AvgIpc) is 2.65. The number of Topliss-reactive ketones (excluding diaryl/α,β-unsaturated/α-hetero) is 3. The number of nitrogens with zero attached hydrogens (tertiary/aromatic N) is 1. The van der Waals surface area contributed by atoms with Crippen molar-refractivity contribution in [3.05, 3.63) is 29.8 Å². The van der Waals surface area contributed by atoms with E-state index >= 15 is 0 Å². The van der Waals surface area contributed by atoms with Crippen molar-refractivity contribution >= 4 is 29.3 Å². The van der Waals surface area contributed by atoms with Gasteiger partial charge in [-0.2, -0.15) is 0 Å². The van der Waals surface area contributed by atoms with Crippen LogP contribution in [0.2, 0.25) is 0 Å². The summed E-state index contributed by atoms with van der Waals surface area (Å²) in [7, 11) is 1.56. The molecule has 0 bridgehead atoms. The standard InChI is InChI=1S/C21H27NO4/c1-4-21(5-2)12-19(24)17(20(25)13-21)14-22-16-8-6-15(7-9-16)18(23)10-11-26-3/h6-9,14,17H,4-5,10-13H2,1-3H3. The first kappa shape index (κ1) is 20.2. The molecule has 0 spiro atoms. The molecule has 140 valence electrons. The Hall–Kier alpha value is -2.14. The summed E-state index contributed by atoms with van der Waals surface area (Å²) in [4.78, 5) is 41.1. The Kier molecular flexibility index (Phi) is 6.98. The third-order valence-corrected chi connectivity index (χ3v) is 5.39. The second-order valence-corrected chi connectivity index (χ2v) is 6.96. The van der Waals surface area contributed by atoms with Crippen molar-refractivity contribution in [2.75, 3.05) is 13.7 Å². The molecule has 1 aromatic carbocycles. The van der Waals surface area contributed by atoms with E-state index in [1.54, 1.807) is 31.4 Å². The molecule has 1 aliphatic carbocycles. The SMILES string of the molecule is CCC1(CC)CC(=O)C(C=Nc2ccc(C(=O)CCOC)cc2)C(=O)C1. The summed E-state index contributed by atoms with van der Waals surface area (Å²) in [5.41, 5.74) is 1.04. The maximum atomic E-state index is 12.4. The van der Waals surface area contributed by atoms with Gasteiger partial charge in [-0.15, -0.1) is 0 Å². The summed E-state index contributed by atoms with van der Waals surface area (Å²) in [6, 6.07) is 6.84. The van der Waals surface area contributed by atoms with E-state index in [2.05, 4.69) is 4.99 Å². The number of methoxy groups -OCH3 is 1. The Morgan fingerprint density at radius 1 is 1.15 bits per heavy atom. The highest BCUT2D eigenvalue weighted by atomic mass is 16.5. The van der Waals surface area contributed by atoms with E-state index in [1.165, 1.54) is 6.21 Å². The first-order valence-electron chi connectivity index (χ1n) is 9.16. The van der Waals surface area contributed by atoms with Crippen LogP contribution in [0.5, 0.6) is 0 Å². The van der Waals surface area contributed by atoms with Gasteiger partial charge in [-0.1, -0.05) is 13.8 Å². The molecule has 1 aliphatic rings. The zero-order valence-corrected chi connectivity index (χ0v) is 15.8. The van der Waals surface area contributed by atoms with Gasteiger partial charge in [0.2, 0.25) is 0 Å². The highest BCUT2D eigenvalue weighted by molar-refractivity contribution is 6.16. The van der Waals surface area contributed by atoms with Crippen LogP contribution in [0, 0.1) is 11.3 Å². The third kappa shape index (κ3) is 4.73. The van der Waals surface area contributed by atoms with Gasteiger partial charge in [0.25, 0.3) is 0 Å². The Bertz CT molecular complexity index is 666. The minimum Gasteiger partial charge on any atom is -0.384 e. The molecule has 0 aliphatic heterocycles. The van der Waals surface area contributed by atoms with Crippen LogP contribution in [0.4, 0.5) is 5.69 Å². The monoisotopic (exact) mass is 357 g/mol. The van der Waals surface area contributed by atoms with E-state index in [1.807, 2.05) is 13.8 Å². The van der Waals surface area contributed by atoms with Gasteiger partial charge in [0, 0.05) is 38.2 Å². The molecule has 1 fully saturated rings. The Morgan fingerprint density at radius 3 is 2.23 bits per heavy atom. The number of aliphatic imine (C=N–C) groups is 1. The molecule has 0 heterocycles. The molecular formula is C21H27NO4. The summed E-state index contributed by atoms with van der Waals surface area (Å²) in [5.74, 6) is -0.820. The average molecular weight is 357 g/mol. The second kappa shape index (κ2) is 8.99. The Morgan fingerprint density at radius 2 is 1.73 bits per heavy atom. The number of ether oxygens (including phenoxy) is 1. The molecule has 0 radical (unpaired) electrons. The molecule has 0 atom stereocenters. The molecular weight excluding hydrogens is 330 g/mol. The topological polar surface area (TPSA) is 72.8 Å². The molecule has 0 amide bonds. The third-order valence-electron chi connectivity index (χ3n) is 5.39. The van der Waals surface area contributed by atoms with Gasteiger partial charge in [-0.05, 0) is 42.5 Å². The van der Waals surface area contributed by atoms with E-state index in [0.717, 1.165) is 12.8 Å². The van der Waals surface area contributed by atoms with E-state index in [9.17, 15) is 14.4 Å². The predicted octanol–water partition coefficient (Wildman–Crippen LogP) is 3.96. The smallest absolute Gasteiger partial charge is 0.165 e. The summed E-state index contributed by atoms with van der Waals surface area (Å²) >= 11 is 0. The van der Waals surface area contributed by atoms with E-state index < -0.39 is 5.92 Å². The molecule has 0 saturated heterocycles. The van der Waals surface area contributed by atoms with Crippen molar-refractivity contribution in [2.45, 2.75) is 46.0 Å². The van der Waals surface area contributed by atoms with E-state index in [4.69, 9.17) is 4.74 Å². The van der Waals surface area contributed by atoms with Crippen molar-refractivity contribution < 1.29 is 19.1 Å². The highest BCUT2D eigenvalue weighted by Crippen LogP contribution is 2.40. The molecule has 0 aromatic heterocycles. The van der Waals surface area contributed by atoms with Crippen LogP contribution >= 0.6 is 0 Å². The summed E-state index contributed by atoms with van der Waals surface area (Å²) in [6.45, 7) is 4.46. The Balaban J connectivity index is 2.04. The number of carbonyl (C=O) groups excluding carboxylic acids is 3. The number of rotatable bonds is 8. The van der Waals surface area contributed by atoms with Crippen LogP contribution in [-0.4, -0.2) is 37.3 Å². The van der Waals surface area contributed by atoms with Crippen molar-refractivity contribution in [3.8, 4) is 0 Å². The molecule has 1 saturated carbocycles. The number of benzene rings is 1. The summed E-state index contributed by atoms with van der Waals surface area (Å²) in [5, 5.41) is 0. The van der Waals surface area contributed by atoms with Crippen molar-refractivity contribution in [1.29, 1.82) is 0 Å². The fourth-order valence-electron chi connectivity index (χ4n) is 3.35. The maximum Gasteiger partial charge on any atom is 0.165 e. The molecule has 0 N–H and O–H groups in total. The van der Waals surface area contributed by atoms with Crippen molar-refractivity contribution in [2.24, 2.45) is 16.3 Å². The van der Waals surface area contributed by atoms with Crippen molar-refractivity contribution in [3.63, 3.8) is 0 Å². The van der Waals surface area contributed by atoms with Crippen LogP contribution in [0.3, 0.4) is 0 Å². The zero-order valence-electron chi connectivity index (χ0n) is 15.8. The number of ketones is 3. The van der Waals surface area contributed by atoms with Gasteiger partial charge in [0.1, 0.15) is 17.5 Å². The lowest BCUT2D eigenvalue weighted by Crippen LogP contribution is -2.40. The van der Waals surface area contributed by atoms with Crippen LogP contribution < -0.4 is 0 Å². The quantitative estimate of drug-likeness (QED) is 0.401. The van der Waals surface area contributed by atoms with Crippen LogP contribution in [0.25, 0.3) is 0 Å². The largest absolute Gasteiger partial charge is 0.384 e. The molecule has 5 nitrogen and oxygen atoms in total. The number of hydrogen-bond acceptors (Lipinski definition) is 5. The minimum atomic E-state index is -0.746. The second-order valence-electron chi connectivity index (χ2n) is 6.96. The number of carbonyl (C=O) groups is 3. The lowest BCUT2D eigenvalue weighted by molar-refractivity contribution is -0.137. The molecule has 5 heteroatoms. The van der Waals surface area contributed by atoms with Gasteiger partial charge >= 0.3 is 0 Å². The molecule has 2 rings (SSSR count). The highest BCUT2D eigenvalue weighted by Gasteiger charge is 2.42. The molecule has 26 heavy (non-hydrogen) atoms. The van der Waals surface area contributed by atoms with Crippen molar-refractivity contribution in [1.82, 2.24) is 0 Å². The van der Waals surface area contributed by atoms with Crippen LogP contribution in [0.1, 0.15) is 56.3 Å². The summed E-state index contributed by atoms with van der Waals surface area (Å²) in [6.07, 6.45) is 4.35. The maximum absolute atomic E-state index is 12.4. The predicted molar refractivity (Wildman–Crippen MR) is 101 cm³/mol. The minimum absolute atomic E-state index is 0.00971. The van der Waals surface area contributed by atoms with Gasteiger partial charge in [-0.25, -0.2) is 0 Å². The lowest BCUT2D eigenvalue weighted by atomic mass is 9.66. The normalized spacial score (nSPS) is 17.8. The fraction of sp³-hybridized carbons (Fsp3) is 0.524. The zero-order chi connectivity index (χ0) is 19.2. The first-order chi connectivity index (χ1) is 12.4. The van der Waals surface area contributed by atoms with Crippen LogP contribution in [-0.2, 0) is 14.3 Å². The molecule has 0 unspecified atom stereocenters. The Labute approximate surface area is 154 Å². The summed E-state index contributed by atoms with van der Waals surface area (Å²) < 4.78 is 4.91. The van der Waals surface area contributed by atoms with Crippen LogP contribution in [0.15, 0.2) is 29.3 Å².